The second-order valence-corrected chi connectivity index (χ2v) is 3.00. The largest absolute Gasteiger partial charge is 0.489 e. The molecule has 0 spiro atoms. The molecule has 0 saturated heterocycles. The molecule has 0 fully saturated rings. The monoisotopic (exact) mass is 182 g/mol. The Labute approximate surface area is 76.9 Å². The van der Waals surface area contributed by atoms with Gasteiger partial charge in [-0.25, -0.2) is 5.10 Å². The van der Waals surface area contributed by atoms with Gasteiger partial charge in [-0.05, 0) is 13.3 Å². The molecule has 0 aromatic carbocycles. The fourth-order valence-corrected chi connectivity index (χ4v) is 1.12. The van der Waals surface area contributed by atoms with Gasteiger partial charge < -0.3 is 4.74 Å². The summed E-state index contributed by atoms with van der Waals surface area (Å²) in [4.78, 5) is 10.8. The van der Waals surface area contributed by atoms with E-state index >= 15 is 0 Å². The average Bonchev–Trinajstić information content (AvgIpc) is 2.04. The Morgan fingerprint density at radius 3 is 3.08 bits per heavy atom. The zero-order valence-corrected chi connectivity index (χ0v) is 7.91. The molecular formula is C9H14N2O2. The molecule has 0 aliphatic carbocycles. The third-order valence-corrected chi connectivity index (χ3v) is 1.67. The van der Waals surface area contributed by atoms with Gasteiger partial charge in [-0.3, -0.25) is 4.79 Å². The zero-order valence-electron chi connectivity index (χ0n) is 7.91. The van der Waals surface area contributed by atoms with Crippen molar-refractivity contribution in [1.29, 1.82) is 0 Å². The SMILES string of the molecule is CCC[C@@H](C)Oc1cn[nH]c(=O)c1. The van der Waals surface area contributed by atoms with Crippen molar-refractivity contribution >= 4 is 0 Å². The molecule has 0 radical (unpaired) electrons. The standard InChI is InChI=1S/C9H14N2O2/c1-3-4-7(2)13-8-5-9(12)11-10-6-8/h5-7H,3-4H2,1-2H3,(H,11,12)/t7-/m1/s1. The van der Waals surface area contributed by atoms with Crippen LogP contribution in [0.3, 0.4) is 0 Å². The fourth-order valence-electron chi connectivity index (χ4n) is 1.12. The van der Waals surface area contributed by atoms with E-state index in [0.29, 0.717) is 5.75 Å². The molecule has 1 N–H and O–H groups in total. The van der Waals surface area contributed by atoms with Gasteiger partial charge in [0.2, 0.25) is 0 Å². The lowest BCUT2D eigenvalue weighted by atomic mass is 10.2. The summed E-state index contributed by atoms with van der Waals surface area (Å²) in [6.07, 6.45) is 3.69. The molecule has 0 aliphatic rings. The molecule has 0 saturated carbocycles. The van der Waals surface area contributed by atoms with Gasteiger partial charge in [0.1, 0.15) is 5.75 Å². The van der Waals surface area contributed by atoms with Crippen LogP contribution >= 0.6 is 0 Å². The van der Waals surface area contributed by atoms with Gasteiger partial charge in [-0.2, -0.15) is 5.10 Å². The highest BCUT2D eigenvalue weighted by Crippen LogP contribution is 2.08. The Kier molecular flexibility index (Phi) is 3.49. The van der Waals surface area contributed by atoms with E-state index < -0.39 is 0 Å². The molecule has 13 heavy (non-hydrogen) atoms. The summed E-state index contributed by atoms with van der Waals surface area (Å²) in [6.45, 7) is 4.07. The predicted octanol–water partition coefficient (Wildman–Crippen LogP) is 1.34. The summed E-state index contributed by atoms with van der Waals surface area (Å²) in [5.74, 6) is 0.532. The minimum Gasteiger partial charge on any atom is -0.489 e. The van der Waals surface area contributed by atoms with E-state index in [-0.39, 0.29) is 11.7 Å². The number of hydrogen-bond donors (Lipinski definition) is 1. The average molecular weight is 182 g/mol. The van der Waals surface area contributed by atoms with Crippen LogP contribution < -0.4 is 10.3 Å². The van der Waals surface area contributed by atoms with Crippen LogP contribution in [0.4, 0.5) is 0 Å². The Morgan fingerprint density at radius 2 is 2.46 bits per heavy atom. The first kappa shape index (κ1) is 9.77. The van der Waals surface area contributed by atoms with Crippen molar-refractivity contribution < 1.29 is 4.74 Å². The topological polar surface area (TPSA) is 55.0 Å². The number of nitrogens with zero attached hydrogens (tertiary/aromatic N) is 1. The maximum atomic E-state index is 10.8. The van der Waals surface area contributed by atoms with Crippen LogP contribution in [0, 0.1) is 0 Å². The van der Waals surface area contributed by atoms with Crippen molar-refractivity contribution in [3.63, 3.8) is 0 Å². The zero-order chi connectivity index (χ0) is 9.68. The quantitative estimate of drug-likeness (QED) is 0.764. The van der Waals surface area contributed by atoms with Crippen molar-refractivity contribution in [2.24, 2.45) is 0 Å². The predicted molar refractivity (Wildman–Crippen MR) is 49.9 cm³/mol. The van der Waals surface area contributed by atoms with Crippen molar-refractivity contribution in [2.45, 2.75) is 32.8 Å². The number of aromatic amines is 1. The van der Waals surface area contributed by atoms with Gasteiger partial charge in [0.25, 0.3) is 5.56 Å². The summed E-state index contributed by atoms with van der Waals surface area (Å²) in [6, 6.07) is 1.40. The van der Waals surface area contributed by atoms with Crippen molar-refractivity contribution in [3.05, 3.63) is 22.6 Å². The minimum absolute atomic E-state index is 0.133. The van der Waals surface area contributed by atoms with E-state index in [1.54, 1.807) is 0 Å². The van der Waals surface area contributed by atoms with Crippen molar-refractivity contribution in [1.82, 2.24) is 10.2 Å². The molecule has 72 valence electrons. The molecule has 0 unspecified atom stereocenters. The van der Waals surface area contributed by atoms with Crippen molar-refractivity contribution in [3.8, 4) is 5.75 Å². The maximum Gasteiger partial charge on any atom is 0.267 e. The molecule has 1 atom stereocenters. The molecule has 1 aromatic heterocycles. The number of rotatable bonds is 4. The normalized spacial score (nSPS) is 12.5. The number of hydrogen-bond acceptors (Lipinski definition) is 3. The Hall–Kier alpha value is -1.32. The van der Waals surface area contributed by atoms with E-state index in [4.69, 9.17) is 4.74 Å². The first-order chi connectivity index (χ1) is 6.22. The lowest BCUT2D eigenvalue weighted by Crippen LogP contribution is -2.14. The summed E-state index contributed by atoms with van der Waals surface area (Å²) >= 11 is 0. The Balaban J connectivity index is 2.58. The van der Waals surface area contributed by atoms with Gasteiger partial charge in [0, 0.05) is 6.07 Å². The first-order valence-electron chi connectivity index (χ1n) is 4.43. The van der Waals surface area contributed by atoms with Gasteiger partial charge >= 0.3 is 0 Å². The van der Waals surface area contributed by atoms with E-state index in [0.717, 1.165) is 12.8 Å². The van der Waals surface area contributed by atoms with Gasteiger partial charge in [-0.15, -0.1) is 0 Å². The lowest BCUT2D eigenvalue weighted by molar-refractivity contribution is 0.208. The molecule has 4 nitrogen and oxygen atoms in total. The number of H-pyrrole nitrogens is 1. The molecule has 0 bridgehead atoms. The first-order valence-corrected chi connectivity index (χ1v) is 4.43. The fraction of sp³-hybridized carbons (Fsp3) is 0.556. The molecule has 0 amide bonds. The molecular weight excluding hydrogens is 168 g/mol. The maximum absolute atomic E-state index is 10.8. The van der Waals surface area contributed by atoms with Gasteiger partial charge in [-0.1, -0.05) is 13.3 Å². The van der Waals surface area contributed by atoms with Crippen molar-refractivity contribution in [2.75, 3.05) is 0 Å². The van der Waals surface area contributed by atoms with Crippen LogP contribution in [0.25, 0.3) is 0 Å². The van der Waals surface area contributed by atoms with E-state index in [1.807, 2.05) is 6.92 Å². The summed E-state index contributed by atoms with van der Waals surface area (Å²) in [5, 5.41) is 5.93. The Morgan fingerprint density at radius 1 is 1.69 bits per heavy atom. The number of nitrogens with one attached hydrogen (secondary N) is 1. The Bertz CT molecular complexity index is 308. The number of aromatic nitrogens is 2. The smallest absolute Gasteiger partial charge is 0.267 e. The van der Waals surface area contributed by atoms with Crippen LogP contribution in [-0.2, 0) is 0 Å². The van der Waals surface area contributed by atoms with Gasteiger partial charge in [0.15, 0.2) is 0 Å². The van der Waals surface area contributed by atoms with Crippen LogP contribution in [0.1, 0.15) is 26.7 Å². The van der Waals surface area contributed by atoms with Crippen LogP contribution in [0.2, 0.25) is 0 Å². The van der Waals surface area contributed by atoms with Crippen LogP contribution in [0.15, 0.2) is 17.1 Å². The second kappa shape index (κ2) is 4.64. The highest BCUT2D eigenvalue weighted by Gasteiger charge is 2.02. The van der Waals surface area contributed by atoms with Crippen LogP contribution in [-0.4, -0.2) is 16.3 Å². The second-order valence-electron chi connectivity index (χ2n) is 3.00. The third kappa shape index (κ3) is 3.27. The summed E-state index contributed by atoms with van der Waals surface area (Å²) in [7, 11) is 0. The molecule has 1 heterocycles. The van der Waals surface area contributed by atoms with Gasteiger partial charge in [0.05, 0.1) is 12.3 Å². The van der Waals surface area contributed by atoms with E-state index in [2.05, 4.69) is 17.1 Å². The molecule has 0 aliphatic heterocycles. The number of ether oxygens (including phenoxy) is 1. The van der Waals surface area contributed by atoms with E-state index in [1.165, 1.54) is 12.3 Å². The van der Waals surface area contributed by atoms with E-state index in [9.17, 15) is 4.79 Å². The lowest BCUT2D eigenvalue weighted by Gasteiger charge is -2.12. The minimum atomic E-state index is -0.235. The summed E-state index contributed by atoms with van der Waals surface area (Å²) in [5.41, 5.74) is -0.235. The highest BCUT2D eigenvalue weighted by atomic mass is 16.5. The van der Waals surface area contributed by atoms with Crippen LogP contribution in [0.5, 0.6) is 5.75 Å². The molecule has 1 rings (SSSR count). The third-order valence-electron chi connectivity index (χ3n) is 1.67. The highest BCUT2D eigenvalue weighted by molar-refractivity contribution is 5.13. The summed E-state index contributed by atoms with van der Waals surface area (Å²) < 4.78 is 5.45. The molecule has 1 aromatic rings. The molecule has 4 heteroatoms.